The molecule has 1 unspecified atom stereocenters. The summed E-state index contributed by atoms with van der Waals surface area (Å²) in [6, 6.07) is 23.5. The van der Waals surface area contributed by atoms with Gasteiger partial charge in [-0.1, -0.05) is 48.5 Å². The molecule has 5 rings (SSSR count). The van der Waals surface area contributed by atoms with Gasteiger partial charge in [0, 0.05) is 18.6 Å². The van der Waals surface area contributed by atoms with Gasteiger partial charge in [0.25, 0.3) is 11.6 Å². The van der Waals surface area contributed by atoms with Gasteiger partial charge in [-0.15, -0.1) is 0 Å². The van der Waals surface area contributed by atoms with E-state index in [1.54, 1.807) is 17.0 Å². The van der Waals surface area contributed by atoms with E-state index in [1.807, 2.05) is 54.6 Å². The number of hydrogen-bond acceptors (Lipinski definition) is 6. The summed E-state index contributed by atoms with van der Waals surface area (Å²) in [5.41, 5.74) is 5.42. The molecule has 1 saturated heterocycles. The minimum absolute atomic E-state index is 0.0464. The van der Waals surface area contributed by atoms with Crippen LogP contribution in [0.1, 0.15) is 12.0 Å². The number of nitro groups is 1. The van der Waals surface area contributed by atoms with Crippen molar-refractivity contribution in [3.05, 3.63) is 94.5 Å². The van der Waals surface area contributed by atoms with Gasteiger partial charge in [0.05, 0.1) is 22.0 Å². The highest BCUT2D eigenvalue weighted by Crippen LogP contribution is 2.50. The maximum Gasteiger partial charge on any atom is 0.276 e. The molecule has 8 nitrogen and oxygen atoms in total. The Morgan fingerprint density at radius 1 is 1.03 bits per heavy atom. The standard InChI is InChI=1S/C22H17N5O3/c28-21-19(25-24-16-9-6-10-17(13-16)27(29)30)14-22(15-7-2-1-3-8-15)23-18-11-4-5-12-20(18)26(21)22/h1-13,23-24H,14H2. The second-order valence-corrected chi connectivity index (χ2v) is 7.16. The number of carbonyl (C=O) groups excluding carboxylic acids is 1. The van der Waals surface area contributed by atoms with E-state index in [0.717, 1.165) is 16.9 Å². The Morgan fingerprint density at radius 2 is 1.80 bits per heavy atom. The zero-order valence-corrected chi connectivity index (χ0v) is 15.8. The van der Waals surface area contributed by atoms with Crippen molar-refractivity contribution < 1.29 is 9.72 Å². The van der Waals surface area contributed by atoms with Gasteiger partial charge in [0.1, 0.15) is 11.4 Å². The summed E-state index contributed by atoms with van der Waals surface area (Å²) >= 11 is 0. The van der Waals surface area contributed by atoms with Crippen LogP contribution < -0.4 is 15.6 Å². The third kappa shape index (κ3) is 2.69. The Bertz CT molecular complexity index is 1190. The molecular weight excluding hydrogens is 382 g/mol. The summed E-state index contributed by atoms with van der Waals surface area (Å²) in [6.45, 7) is 0. The summed E-state index contributed by atoms with van der Waals surface area (Å²) in [5, 5.41) is 18.8. The Balaban J connectivity index is 1.53. The molecule has 2 heterocycles. The third-order valence-corrected chi connectivity index (χ3v) is 5.37. The van der Waals surface area contributed by atoms with Crippen molar-refractivity contribution in [1.82, 2.24) is 0 Å². The van der Waals surface area contributed by atoms with Crippen LogP contribution in [0.4, 0.5) is 22.7 Å². The Morgan fingerprint density at radius 3 is 2.60 bits per heavy atom. The molecule has 1 fully saturated rings. The monoisotopic (exact) mass is 399 g/mol. The molecule has 0 spiro atoms. The first-order valence-electron chi connectivity index (χ1n) is 9.43. The average molecular weight is 399 g/mol. The van der Waals surface area contributed by atoms with E-state index in [1.165, 1.54) is 12.1 Å². The number of nitrogens with zero attached hydrogens (tertiary/aromatic N) is 3. The van der Waals surface area contributed by atoms with E-state index in [4.69, 9.17) is 0 Å². The van der Waals surface area contributed by atoms with Crippen LogP contribution in [0.5, 0.6) is 0 Å². The molecule has 0 aliphatic carbocycles. The number of non-ortho nitro benzene ring substituents is 1. The maximum atomic E-state index is 13.3. The molecule has 1 amide bonds. The van der Waals surface area contributed by atoms with E-state index in [2.05, 4.69) is 15.8 Å². The molecule has 2 aliphatic heterocycles. The summed E-state index contributed by atoms with van der Waals surface area (Å²) in [5.74, 6) is -0.214. The molecular formula is C22H17N5O3. The number of hydrazone groups is 1. The van der Waals surface area contributed by atoms with Crippen molar-refractivity contribution in [1.29, 1.82) is 0 Å². The second kappa shape index (κ2) is 6.70. The fourth-order valence-electron chi connectivity index (χ4n) is 4.04. The van der Waals surface area contributed by atoms with Crippen molar-refractivity contribution in [3.63, 3.8) is 0 Å². The van der Waals surface area contributed by atoms with Gasteiger partial charge in [-0.25, -0.2) is 0 Å². The number of para-hydroxylation sites is 2. The predicted octanol–water partition coefficient (Wildman–Crippen LogP) is 4.08. The lowest BCUT2D eigenvalue weighted by Crippen LogP contribution is -2.44. The van der Waals surface area contributed by atoms with Crippen LogP contribution in [-0.2, 0) is 10.5 Å². The largest absolute Gasteiger partial charge is 0.357 e. The number of rotatable bonds is 4. The van der Waals surface area contributed by atoms with E-state index >= 15 is 0 Å². The van der Waals surface area contributed by atoms with Gasteiger partial charge in [0.15, 0.2) is 0 Å². The van der Waals surface area contributed by atoms with Crippen LogP contribution in [0.15, 0.2) is 84.0 Å². The number of hydrogen-bond donors (Lipinski definition) is 2. The molecule has 0 bridgehead atoms. The molecule has 2 aliphatic rings. The first kappa shape index (κ1) is 17.9. The zero-order valence-electron chi connectivity index (χ0n) is 15.8. The number of nitrogens with one attached hydrogen (secondary N) is 2. The highest BCUT2D eigenvalue weighted by Gasteiger charge is 2.55. The highest BCUT2D eigenvalue weighted by atomic mass is 16.6. The van der Waals surface area contributed by atoms with E-state index < -0.39 is 10.6 Å². The smallest absolute Gasteiger partial charge is 0.276 e. The van der Waals surface area contributed by atoms with E-state index in [-0.39, 0.29) is 11.6 Å². The van der Waals surface area contributed by atoms with Crippen LogP contribution in [-0.4, -0.2) is 16.5 Å². The molecule has 0 radical (unpaired) electrons. The molecule has 8 heteroatoms. The van der Waals surface area contributed by atoms with Gasteiger partial charge in [-0.05, 0) is 23.8 Å². The van der Waals surface area contributed by atoms with Crippen LogP contribution in [0.25, 0.3) is 0 Å². The molecule has 2 N–H and O–H groups in total. The van der Waals surface area contributed by atoms with Crippen molar-refractivity contribution in [2.24, 2.45) is 5.10 Å². The average Bonchev–Trinajstić information content (AvgIpc) is 3.25. The van der Waals surface area contributed by atoms with Crippen LogP contribution in [0, 0.1) is 10.1 Å². The topological polar surface area (TPSA) is 99.9 Å². The maximum absolute atomic E-state index is 13.3. The first-order valence-corrected chi connectivity index (χ1v) is 9.43. The first-order chi connectivity index (χ1) is 14.6. The van der Waals surface area contributed by atoms with Gasteiger partial charge >= 0.3 is 0 Å². The second-order valence-electron chi connectivity index (χ2n) is 7.16. The molecule has 1 atom stereocenters. The van der Waals surface area contributed by atoms with Gasteiger partial charge in [-0.2, -0.15) is 5.10 Å². The minimum Gasteiger partial charge on any atom is -0.357 e. The fourth-order valence-corrected chi connectivity index (χ4v) is 4.04. The highest BCUT2D eigenvalue weighted by molar-refractivity contribution is 6.48. The van der Waals surface area contributed by atoms with Gasteiger partial charge in [0.2, 0.25) is 0 Å². The van der Waals surface area contributed by atoms with Gasteiger partial charge in [-0.3, -0.25) is 25.2 Å². The summed E-state index contributed by atoms with van der Waals surface area (Å²) < 4.78 is 0. The van der Waals surface area contributed by atoms with Crippen molar-refractivity contribution in [2.45, 2.75) is 12.1 Å². The minimum atomic E-state index is -0.759. The van der Waals surface area contributed by atoms with Crippen LogP contribution in [0.3, 0.4) is 0 Å². The lowest BCUT2D eigenvalue weighted by Gasteiger charge is -2.32. The SMILES string of the molecule is O=C1C(=NNc2cccc([N+](=O)[O-])c2)CC2(c3ccccc3)Nc3ccccc3N12. The lowest BCUT2D eigenvalue weighted by atomic mass is 9.97. The number of nitro benzene ring substituents is 1. The molecule has 3 aromatic rings. The predicted molar refractivity (Wildman–Crippen MR) is 114 cm³/mol. The lowest BCUT2D eigenvalue weighted by molar-refractivity contribution is -0.384. The molecule has 0 aromatic heterocycles. The quantitative estimate of drug-likeness (QED) is 0.509. The number of carbonyl (C=O) groups is 1. The Labute approximate surface area is 172 Å². The van der Waals surface area contributed by atoms with E-state index in [9.17, 15) is 14.9 Å². The normalized spacial score (nSPS) is 20.6. The number of benzene rings is 3. The van der Waals surface area contributed by atoms with Gasteiger partial charge < -0.3 is 5.32 Å². The number of amides is 1. The Kier molecular flexibility index (Phi) is 3.99. The summed E-state index contributed by atoms with van der Waals surface area (Å²) in [7, 11) is 0. The van der Waals surface area contributed by atoms with Crippen molar-refractivity contribution in [2.75, 3.05) is 15.6 Å². The molecule has 0 saturated carbocycles. The number of fused-ring (bicyclic) bond motifs is 3. The van der Waals surface area contributed by atoms with E-state index in [0.29, 0.717) is 17.8 Å². The zero-order chi connectivity index (χ0) is 20.7. The molecule has 30 heavy (non-hydrogen) atoms. The summed E-state index contributed by atoms with van der Waals surface area (Å²) in [4.78, 5) is 25.6. The molecule has 148 valence electrons. The van der Waals surface area contributed by atoms with Crippen LogP contribution in [0.2, 0.25) is 0 Å². The number of anilines is 3. The van der Waals surface area contributed by atoms with Crippen LogP contribution >= 0.6 is 0 Å². The van der Waals surface area contributed by atoms with Crippen molar-refractivity contribution in [3.8, 4) is 0 Å². The molecule has 3 aromatic carbocycles. The summed E-state index contributed by atoms with van der Waals surface area (Å²) in [6.07, 6.45) is 0.340. The Hall–Kier alpha value is -4.20. The fraction of sp³-hybridized carbons (Fsp3) is 0.0909. The van der Waals surface area contributed by atoms with Crippen molar-refractivity contribution >= 4 is 34.4 Å². The third-order valence-electron chi connectivity index (χ3n) is 5.37.